The molecular weight excluding hydrogens is 448 g/mol. The van der Waals surface area contributed by atoms with Gasteiger partial charge in [0.2, 0.25) is 10.0 Å². The highest BCUT2D eigenvalue weighted by molar-refractivity contribution is 7.89. The van der Waals surface area contributed by atoms with Crippen LogP contribution in [0.4, 0.5) is 0 Å². The molecule has 178 valence electrons. The average molecular weight is 479 g/mol. The summed E-state index contributed by atoms with van der Waals surface area (Å²) in [6.45, 7) is 2.68. The van der Waals surface area contributed by atoms with Crippen molar-refractivity contribution in [3.05, 3.63) is 77.5 Å². The van der Waals surface area contributed by atoms with Gasteiger partial charge in [0, 0.05) is 16.3 Å². The highest BCUT2D eigenvalue weighted by Crippen LogP contribution is 2.30. The molecule has 0 fully saturated rings. The van der Waals surface area contributed by atoms with Gasteiger partial charge in [-0.1, -0.05) is 61.9 Å². The predicted molar refractivity (Wildman–Crippen MR) is 137 cm³/mol. The smallest absolute Gasteiger partial charge is 0.281 e. The number of aromatic nitrogens is 1. The minimum Gasteiger partial charge on any atom is -0.493 e. The first-order valence-electron chi connectivity index (χ1n) is 11.6. The van der Waals surface area contributed by atoms with Gasteiger partial charge in [0.1, 0.15) is 11.4 Å². The fourth-order valence-corrected chi connectivity index (χ4v) is 4.79. The van der Waals surface area contributed by atoms with E-state index < -0.39 is 15.9 Å². The van der Waals surface area contributed by atoms with E-state index in [1.54, 1.807) is 0 Å². The summed E-state index contributed by atoms with van der Waals surface area (Å²) < 4.78 is 31.4. The van der Waals surface area contributed by atoms with Gasteiger partial charge in [0.25, 0.3) is 5.91 Å². The summed E-state index contributed by atoms with van der Waals surface area (Å²) in [5.74, 6) is 0.202. The molecule has 7 heteroatoms. The molecule has 0 aliphatic carbocycles. The molecule has 4 aromatic rings. The molecule has 0 aliphatic heterocycles. The van der Waals surface area contributed by atoms with Crippen molar-refractivity contribution in [1.29, 1.82) is 0 Å². The lowest BCUT2D eigenvalue weighted by Gasteiger charge is -2.13. The van der Waals surface area contributed by atoms with Gasteiger partial charge in [0.15, 0.2) is 0 Å². The first-order valence-corrected chi connectivity index (χ1v) is 13.5. The number of para-hydroxylation sites is 1. The molecule has 0 spiro atoms. The number of hydrogen-bond donors (Lipinski definition) is 2. The Morgan fingerprint density at radius 3 is 2.35 bits per heavy atom. The molecule has 4 rings (SSSR count). The van der Waals surface area contributed by atoms with Crippen LogP contribution in [0.25, 0.3) is 21.7 Å². The Bertz CT molecular complexity index is 1420. The number of aryl methyl sites for hydroxylation is 2. The van der Waals surface area contributed by atoms with E-state index in [0.29, 0.717) is 19.4 Å². The number of fused-ring (bicyclic) bond motifs is 2. The maximum atomic E-state index is 12.6. The van der Waals surface area contributed by atoms with Crippen LogP contribution >= 0.6 is 0 Å². The van der Waals surface area contributed by atoms with Crippen LogP contribution in [0.5, 0.6) is 5.75 Å². The second-order valence-corrected chi connectivity index (χ2v) is 10.3. The van der Waals surface area contributed by atoms with Gasteiger partial charge in [-0.05, 0) is 54.3 Å². The second-order valence-electron chi connectivity index (χ2n) is 8.55. The number of sulfonamides is 1. The van der Waals surface area contributed by atoms with Crippen molar-refractivity contribution in [3.8, 4) is 5.75 Å². The number of ether oxygens (including phenoxy) is 1. The largest absolute Gasteiger partial charge is 0.493 e. The number of nitrogens with one attached hydrogen (secondary N) is 2. The first-order chi connectivity index (χ1) is 16.4. The van der Waals surface area contributed by atoms with Gasteiger partial charge in [-0.2, -0.15) is 0 Å². The average Bonchev–Trinajstić information content (AvgIpc) is 3.19. The van der Waals surface area contributed by atoms with E-state index >= 15 is 0 Å². The van der Waals surface area contributed by atoms with Gasteiger partial charge >= 0.3 is 0 Å². The van der Waals surface area contributed by atoms with Crippen molar-refractivity contribution in [1.82, 2.24) is 9.71 Å². The van der Waals surface area contributed by atoms with Crippen LogP contribution < -0.4 is 9.46 Å². The zero-order chi connectivity index (χ0) is 24.1. The van der Waals surface area contributed by atoms with Gasteiger partial charge in [-0.25, -0.2) is 13.1 Å². The van der Waals surface area contributed by atoms with E-state index in [4.69, 9.17) is 4.74 Å². The van der Waals surface area contributed by atoms with Crippen LogP contribution in [0.15, 0.2) is 60.7 Å². The van der Waals surface area contributed by atoms with Crippen LogP contribution in [0, 0.1) is 0 Å². The Kier molecular flexibility index (Phi) is 7.22. The molecule has 1 heterocycles. The molecule has 1 aromatic heterocycles. The SMILES string of the molecule is CCCCc1ccc(OCCCc2c(C(=O)NS(C)(=O)=O)[nH]c3ccccc23)c2ccccc12. The molecule has 0 aliphatic rings. The van der Waals surface area contributed by atoms with E-state index in [-0.39, 0.29) is 5.69 Å². The fourth-order valence-electron chi connectivity index (χ4n) is 4.35. The van der Waals surface area contributed by atoms with E-state index in [1.807, 2.05) is 36.4 Å². The van der Waals surface area contributed by atoms with Crippen molar-refractivity contribution >= 4 is 37.6 Å². The number of benzene rings is 3. The maximum Gasteiger partial charge on any atom is 0.281 e. The zero-order valence-corrected chi connectivity index (χ0v) is 20.4. The number of rotatable bonds is 10. The van der Waals surface area contributed by atoms with Crippen LogP contribution in [-0.4, -0.2) is 32.2 Å². The van der Waals surface area contributed by atoms with E-state index in [2.05, 4.69) is 40.9 Å². The minimum absolute atomic E-state index is 0.275. The number of carbonyl (C=O) groups excluding carboxylic acids is 1. The third kappa shape index (κ3) is 5.42. The predicted octanol–water partition coefficient (Wildman–Crippen LogP) is 5.36. The van der Waals surface area contributed by atoms with Crippen molar-refractivity contribution < 1.29 is 17.9 Å². The highest BCUT2D eigenvalue weighted by atomic mass is 32.2. The number of aromatic amines is 1. The molecule has 0 bridgehead atoms. The normalized spacial score (nSPS) is 11.7. The zero-order valence-electron chi connectivity index (χ0n) is 19.6. The summed E-state index contributed by atoms with van der Waals surface area (Å²) in [4.78, 5) is 15.7. The van der Waals surface area contributed by atoms with Crippen molar-refractivity contribution in [2.45, 2.75) is 39.0 Å². The molecular formula is C27H30N2O4S. The maximum absolute atomic E-state index is 12.6. The summed E-state index contributed by atoms with van der Waals surface area (Å²) in [7, 11) is -3.66. The highest BCUT2D eigenvalue weighted by Gasteiger charge is 2.20. The monoisotopic (exact) mass is 478 g/mol. The van der Waals surface area contributed by atoms with Crippen molar-refractivity contribution in [3.63, 3.8) is 0 Å². The number of H-pyrrole nitrogens is 1. The van der Waals surface area contributed by atoms with E-state index in [0.717, 1.165) is 53.1 Å². The Morgan fingerprint density at radius 2 is 1.62 bits per heavy atom. The molecule has 2 N–H and O–H groups in total. The summed E-state index contributed by atoms with van der Waals surface area (Å²) in [6, 6.07) is 20.1. The Hall–Kier alpha value is -3.32. The molecule has 34 heavy (non-hydrogen) atoms. The number of hydrogen-bond acceptors (Lipinski definition) is 4. The van der Waals surface area contributed by atoms with Gasteiger partial charge in [-0.15, -0.1) is 0 Å². The quantitative estimate of drug-likeness (QED) is 0.300. The Labute approximate surface area is 200 Å². The first kappa shape index (κ1) is 23.8. The third-order valence-corrected chi connectivity index (χ3v) is 6.48. The summed E-state index contributed by atoms with van der Waals surface area (Å²) in [5, 5.41) is 3.24. The molecule has 0 atom stereocenters. The topological polar surface area (TPSA) is 88.3 Å². The minimum atomic E-state index is -3.66. The summed E-state index contributed by atoms with van der Waals surface area (Å²) >= 11 is 0. The summed E-state index contributed by atoms with van der Waals surface area (Å²) in [5.41, 5.74) is 3.20. The molecule has 1 amide bonds. The van der Waals surface area contributed by atoms with Crippen LogP contribution in [-0.2, 0) is 22.9 Å². The fraction of sp³-hybridized carbons (Fsp3) is 0.296. The molecule has 0 unspecified atom stereocenters. The van der Waals surface area contributed by atoms with E-state index in [9.17, 15) is 13.2 Å². The second kappa shape index (κ2) is 10.3. The lowest BCUT2D eigenvalue weighted by molar-refractivity contribution is 0.0976. The molecule has 0 saturated heterocycles. The van der Waals surface area contributed by atoms with Crippen LogP contribution in [0.3, 0.4) is 0 Å². The molecule has 3 aromatic carbocycles. The van der Waals surface area contributed by atoms with Crippen LogP contribution in [0.1, 0.15) is 47.8 Å². The van der Waals surface area contributed by atoms with Crippen LogP contribution in [0.2, 0.25) is 0 Å². The third-order valence-electron chi connectivity index (χ3n) is 5.92. The molecule has 0 saturated carbocycles. The molecule has 0 radical (unpaired) electrons. The Balaban J connectivity index is 1.50. The van der Waals surface area contributed by atoms with Gasteiger partial charge in [-0.3, -0.25) is 4.79 Å². The number of carbonyl (C=O) groups is 1. The lowest BCUT2D eigenvalue weighted by atomic mass is 9.99. The van der Waals surface area contributed by atoms with Gasteiger partial charge < -0.3 is 9.72 Å². The standard InChI is InChI=1S/C27H30N2O4S/c1-3-4-10-19-16-17-25(22-13-6-5-11-20(19)22)33-18-9-14-23-21-12-7-8-15-24(21)28-26(23)27(30)29-34(2,31)32/h5-8,11-13,15-17,28H,3-4,9-10,14,18H2,1-2H3,(H,29,30). The van der Waals surface area contributed by atoms with Gasteiger partial charge in [0.05, 0.1) is 12.9 Å². The van der Waals surface area contributed by atoms with Crippen molar-refractivity contribution in [2.75, 3.05) is 12.9 Å². The number of unbranched alkanes of at least 4 members (excludes halogenated alkanes) is 1. The van der Waals surface area contributed by atoms with E-state index in [1.165, 1.54) is 10.9 Å². The number of amides is 1. The summed E-state index contributed by atoms with van der Waals surface area (Å²) in [6.07, 6.45) is 5.58. The van der Waals surface area contributed by atoms with Crippen molar-refractivity contribution in [2.24, 2.45) is 0 Å². The Morgan fingerprint density at radius 1 is 0.912 bits per heavy atom. The molecule has 6 nitrogen and oxygen atoms in total. The lowest BCUT2D eigenvalue weighted by Crippen LogP contribution is -2.30.